The van der Waals surface area contributed by atoms with Crippen molar-refractivity contribution in [1.82, 2.24) is 9.55 Å². The Hall–Kier alpha value is -2.66. The number of fused-ring (bicyclic) bond motifs is 1. The monoisotopic (exact) mass is 281 g/mol. The van der Waals surface area contributed by atoms with Crippen LogP contribution in [0.4, 0.5) is 0 Å². The van der Waals surface area contributed by atoms with Crippen LogP contribution in [0.2, 0.25) is 0 Å². The van der Waals surface area contributed by atoms with Crippen LogP contribution in [0.3, 0.4) is 0 Å². The third kappa shape index (κ3) is 2.51. The quantitative estimate of drug-likeness (QED) is 0.740. The van der Waals surface area contributed by atoms with Gasteiger partial charge in [0.25, 0.3) is 0 Å². The van der Waals surface area contributed by atoms with E-state index in [4.69, 9.17) is 0 Å². The van der Waals surface area contributed by atoms with Crippen LogP contribution in [0.5, 0.6) is 0 Å². The molecule has 0 unspecified atom stereocenters. The van der Waals surface area contributed by atoms with E-state index >= 15 is 0 Å². The fraction of sp³-hybridized carbons (Fsp3) is 0.125. The van der Waals surface area contributed by atoms with E-state index < -0.39 is 5.97 Å². The van der Waals surface area contributed by atoms with E-state index in [0.717, 1.165) is 22.4 Å². The van der Waals surface area contributed by atoms with E-state index in [2.05, 4.69) is 15.3 Å². The van der Waals surface area contributed by atoms with Crippen molar-refractivity contribution < 1.29 is 15.6 Å². The number of imidazole rings is 1. The summed E-state index contributed by atoms with van der Waals surface area (Å²) in [6.07, 6.45) is 0. The molecule has 0 spiro atoms. The summed E-state index contributed by atoms with van der Waals surface area (Å²) < 4.78 is 2.11. The van der Waals surface area contributed by atoms with E-state index in [1.54, 1.807) is 24.3 Å². The van der Waals surface area contributed by atoms with E-state index in [0.29, 0.717) is 13.1 Å². The van der Waals surface area contributed by atoms with E-state index in [1.807, 2.05) is 24.3 Å². The minimum atomic E-state index is -1.16. The molecule has 3 aromatic rings. The fourth-order valence-electron chi connectivity index (χ4n) is 2.42. The maximum absolute atomic E-state index is 10.8. The van der Waals surface area contributed by atoms with Gasteiger partial charge in [0, 0.05) is 6.54 Å². The van der Waals surface area contributed by atoms with Crippen LogP contribution in [-0.2, 0) is 13.1 Å². The van der Waals surface area contributed by atoms with Gasteiger partial charge in [-0.25, -0.2) is 4.98 Å². The Labute approximate surface area is 121 Å². The summed E-state index contributed by atoms with van der Waals surface area (Å²) >= 11 is 0. The lowest BCUT2D eigenvalue weighted by molar-refractivity contribution is -0.388. The van der Waals surface area contributed by atoms with Crippen molar-refractivity contribution in [3.63, 3.8) is 0 Å². The van der Waals surface area contributed by atoms with Crippen molar-refractivity contribution in [2.24, 2.45) is 0 Å². The van der Waals surface area contributed by atoms with Gasteiger partial charge < -0.3 is 20.2 Å². The molecule has 0 aliphatic carbocycles. The molecule has 106 valence electrons. The van der Waals surface area contributed by atoms with E-state index in [-0.39, 0.29) is 5.56 Å². The Morgan fingerprint density at radius 3 is 2.52 bits per heavy atom. The molecule has 0 bridgehead atoms. The lowest BCUT2D eigenvalue weighted by Crippen LogP contribution is -2.48. The number of rotatable bonds is 4. The van der Waals surface area contributed by atoms with Crippen LogP contribution in [0.15, 0.2) is 48.5 Å². The van der Waals surface area contributed by atoms with E-state index in [9.17, 15) is 9.90 Å². The van der Waals surface area contributed by atoms with Crippen molar-refractivity contribution in [1.29, 1.82) is 0 Å². The number of hydrogen-bond donors (Lipinski definition) is 1. The Morgan fingerprint density at radius 1 is 1.14 bits per heavy atom. The second kappa shape index (κ2) is 5.38. The Kier molecular flexibility index (Phi) is 3.41. The Bertz CT molecular complexity index is 791. The average molecular weight is 281 g/mol. The molecule has 1 aromatic heterocycles. The molecule has 5 heteroatoms. The summed E-state index contributed by atoms with van der Waals surface area (Å²) in [6, 6.07) is 14.7. The molecule has 21 heavy (non-hydrogen) atoms. The molecule has 3 N–H and O–H groups in total. The van der Waals surface area contributed by atoms with Crippen LogP contribution in [-0.4, -0.2) is 15.5 Å². The van der Waals surface area contributed by atoms with Gasteiger partial charge >= 0.3 is 0 Å². The third-order valence-corrected chi connectivity index (χ3v) is 3.49. The van der Waals surface area contributed by atoms with Crippen LogP contribution in [0, 0.1) is 0 Å². The van der Waals surface area contributed by atoms with Gasteiger partial charge in [-0.1, -0.05) is 36.4 Å². The highest BCUT2D eigenvalue weighted by Gasteiger charge is 2.10. The molecule has 0 saturated heterocycles. The van der Waals surface area contributed by atoms with Crippen molar-refractivity contribution in [3.05, 3.63) is 65.5 Å². The first kappa shape index (κ1) is 13.3. The van der Waals surface area contributed by atoms with Crippen molar-refractivity contribution in [2.45, 2.75) is 13.1 Å². The van der Waals surface area contributed by atoms with Gasteiger partial charge in [-0.2, -0.15) is 0 Å². The summed E-state index contributed by atoms with van der Waals surface area (Å²) in [7, 11) is 0. The molecule has 0 saturated carbocycles. The largest absolute Gasteiger partial charge is 0.545 e. The SMILES string of the molecule is [NH3+]Cc1nc2ccccc2n1Cc1ccc(C(=O)[O-])cc1. The first-order valence-electron chi connectivity index (χ1n) is 6.72. The minimum absolute atomic E-state index is 0.187. The number of carbonyl (C=O) groups is 1. The maximum atomic E-state index is 10.8. The summed E-state index contributed by atoms with van der Waals surface area (Å²) in [5.41, 5.74) is 7.12. The zero-order valence-corrected chi connectivity index (χ0v) is 11.5. The van der Waals surface area contributed by atoms with Gasteiger partial charge in [0.1, 0.15) is 6.54 Å². The number of quaternary nitrogens is 1. The molecule has 5 nitrogen and oxygen atoms in total. The number of nitrogens with zero attached hydrogens (tertiary/aromatic N) is 2. The minimum Gasteiger partial charge on any atom is -0.545 e. The normalized spacial score (nSPS) is 10.9. The number of benzene rings is 2. The molecule has 0 aliphatic rings. The number of para-hydroxylation sites is 2. The van der Waals surface area contributed by atoms with Gasteiger partial charge in [-0.3, -0.25) is 0 Å². The van der Waals surface area contributed by atoms with Crippen LogP contribution in [0.25, 0.3) is 11.0 Å². The van der Waals surface area contributed by atoms with Crippen LogP contribution < -0.4 is 10.8 Å². The molecule has 3 rings (SSSR count). The lowest BCUT2D eigenvalue weighted by Gasteiger charge is -2.09. The summed E-state index contributed by atoms with van der Waals surface area (Å²) in [5, 5.41) is 10.8. The highest BCUT2D eigenvalue weighted by atomic mass is 16.4. The molecular weight excluding hydrogens is 266 g/mol. The lowest BCUT2D eigenvalue weighted by atomic mass is 10.1. The van der Waals surface area contributed by atoms with Gasteiger partial charge in [0.05, 0.1) is 17.0 Å². The zero-order valence-electron chi connectivity index (χ0n) is 11.5. The molecule has 0 radical (unpaired) electrons. The smallest absolute Gasteiger partial charge is 0.165 e. The van der Waals surface area contributed by atoms with Gasteiger partial charge in [-0.15, -0.1) is 0 Å². The molecule has 0 aliphatic heterocycles. The first-order valence-corrected chi connectivity index (χ1v) is 6.72. The standard InChI is InChI=1S/C16H15N3O2/c17-9-15-18-13-3-1-2-4-14(13)19(15)10-11-5-7-12(8-6-11)16(20)21/h1-8H,9-10,17H2,(H,20,21). The zero-order chi connectivity index (χ0) is 14.8. The van der Waals surface area contributed by atoms with Crippen molar-refractivity contribution in [2.75, 3.05) is 0 Å². The molecular formula is C16H15N3O2. The third-order valence-electron chi connectivity index (χ3n) is 3.49. The van der Waals surface area contributed by atoms with Crippen LogP contribution >= 0.6 is 0 Å². The van der Waals surface area contributed by atoms with Crippen molar-refractivity contribution >= 4 is 17.0 Å². The predicted molar refractivity (Wildman–Crippen MR) is 76.2 cm³/mol. The number of hydrogen-bond acceptors (Lipinski definition) is 3. The van der Waals surface area contributed by atoms with E-state index in [1.165, 1.54) is 0 Å². The second-order valence-corrected chi connectivity index (χ2v) is 4.84. The Balaban J connectivity index is 1.99. The number of aromatic nitrogens is 2. The van der Waals surface area contributed by atoms with Crippen LogP contribution in [0.1, 0.15) is 21.7 Å². The highest BCUT2D eigenvalue weighted by Crippen LogP contribution is 2.17. The molecule has 0 amide bonds. The van der Waals surface area contributed by atoms with Gasteiger partial charge in [-0.05, 0) is 23.3 Å². The number of carboxylic acid groups (broad SMARTS) is 1. The predicted octanol–water partition coefficient (Wildman–Crippen LogP) is 0.190. The molecule has 0 atom stereocenters. The van der Waals surface area contributed by atoms with Crippen molar-refractivity contribution in [3.8, 4) is 0 Å². The fourth-order valence-corrected chi connectivity index (χ4v) is 2.42. The average Bonchev–Trinajstić information content (AvgIpc) is 2.86. The number of aromatic carboxylic acids is 1. The molecule has 0 fully saturated rings. The van der Waals surface area contributed by atoms with Gasteiger partial charge in [0.15, 0.2) is 5.82 Å². The maximum Gasteiger partial charge on any atom is 0.165 e. The molecule has 1 heterocycles. The number of carboxylic acids is 1. The first-order chi connectivity index (χ1) is 10.2. The molecule has 2 aromatic carbocycles. The van der Waals surface area contributed by atoms with Gasteiger partial charge in [0.2, 0.25) is 0 Å². The second-order valence-electron chi connectivity index (χ2n) is 4.84. The number of carbonyl (C=O) groups excluding carboxylic acids is 1. The topological polar surface area (TPSA) is 85.6 Å². The highest BCUT2D eigenvalue weighted by molar-refractivity contribution is 5.85. The summed E-state index contributed by atoms with van der Waals surface area (Å²) in [6.45, 7) is 1.24. The summed E-state index contributed by atoms with van der Waals surface area (Å²) in [4.78, 5) is 15.3. The summed E-state index contributed by atoms with van der Waals surface area (Å²) in [5.74, 6) is -0.242. The Morgan fingerprint density at radius 2 is 1.86 bits per heavy atom.